The highest BCUT2D eigenvalue weighted by Crippen LogP contribution is 2.22. The van der Waals surface area contributed by atoms with Crippen LogP contribution in [0.3, 0.4) is 0 Å². The van der Waals surface area contributed by atoms with Gasteiger partial charge in [0.05, 0.1) is 6.07 Å². The summed E-state index contributed by atoms with van der Waals surface area (Å²) in [6, 6.07) is 1.84. The summed E-state index contributed by atoms with van der Waals surface area (Å²) in [5.41, 5.74) is 0. The number of carbonyl (C=O) groups is 1. The second-order valence-corrected chi connectivity index (χ2v) is 3.55. The summed E-state index contributed by atoms with van der Waals surface area (Å²) in [6.45, 7) is 3.40. The second-order valence-electron chi connectivity index (χ2n) is 3.55. The average Bonchev–Trinajstić information content (AvgIpc) is 2.47. The minimum atomic E-state index is -0.120. The smallest absolute Gasteiger partial charge is 0.236 e. The lowest BCUT2D eigenvalue weighted by atomic mass is 10.00. The monoisotopic (exact) mass is 182 g/mol. The summed E-state index contributed by atoms with van der Waals surface area (Å²) >= 11 is 0. The molecule has 0 unspecified atom stereocenters. The van der Waals surface area contributed by atoms with Gasteiger partial charge in [0.1, 0.15) is 6.42 Å². The Morgan fingerprint density at radius 3 is 2.85 bits per heavy atom. The maximum atomic E-state index is 11.3. The number of rotatable bonds is 2. The van der Waals surface area contributed by atoms with Gasteiger partial charge in [0.2, 0.25) is 5.91 Å². The van der Waals surface area contributed by atoms with Crippen molar-refractivity contribution in [1.82, 2.24) is 4.90 Å². The molecule has 72 valence electrons. The Balaban J connectivity index is 2.49. The summed E-state index contributed by atoms with van der Waals surface area (Å²) in [4.78, 5) is 12.9. The lowest BCUT2D eigenvalue weighted by Gasteiger charge is -2.13. The molecule has 0 bridgehead atoms. The first-order valence-electron chi connectivity index (χ1n) is 4.44. The van der Waals surface area contributed by atoms with Gasteiger partial charge < -0.3 is 10.0 Å². The number of nitriles is 1. The third kappa shape index (κ3) is 2.19. The van der Waals surface area contributed by atoms with Crippen LogP contribution in [-0.2, 0) is 4.79 Å². The summed E-state index contributed by atoms with van der Waals surface area (Å²) in [5.74, 6) is 0.403. The molecule has 0 spiro atoms. The second kappa shape index (κ2) is 4.24. The summed E-state index contributed by atoms with van der Waals surface area (Å²) in [5, 5.41) is 17.3. The van der Waals surface area contributed by atoms with E-state index in [0.717, 1.165) is 0 Å². The first-order chi connectivity index (χ1) is 6.19. The van der Waals surface area contributed by atoms with Gasteiger partial charge in [0.25, 0.3) is 0 Å². The molecule has 1 amide bonds. The van der Waals surface area contributed by atoms with Crippen LogP contribution in [0.25, 0.3) is 0 Å². The zero-order valence-electron chi connectivity index (χ0n) is 7.73. The molecule has 1 heterocycles. The molecule has 0 aromatic heterocycles. The van der Waals surface area contributed by atoms with E-state index in [1.807, 2.05) is 13.0 Å². The van der Waals surface area contributed by atoms with Gasteiger partial charge in [-0.15, -0.1) is 0 Å². The maximum absolute atomic E-state index is 11.3. The lowest BCUT2D eigenvalue weighted by molar-refractivity contribution is -0.129. The van der Waals surface area contributed by atoms with Crippen molar-refractivity contribution in [2.75, 3.05) is 19.7 Å². The topological polar surface area (TPSA) is 64.3 Å². The fourth-order valence-electron chi connectivity index (χ4n) is 1.66. The quantitative estimate of drug-likeness (QED) is 0.653. The Morgan fingerprint density at radius 2 is 2.38 bits per heavy atom. The van der Waals surface area contributed by atoms with E-state index in [9.17, 15) is 4.79 Å². The van der Waals surface area contributed by atoms with Gasteiger partial charge in [-0.25, -0.2) is 0 Å². The third-order valence-electron chi connectivity index (χ3n) is 2.59. The first-order valence-corrected chi connectivity index (χ1v) is 4.44. The number of aliphatic hydroxyl groups excluding tert-OH is 1. The highest BCUT2D eigenvalue weighted by Gasteiger charge is 2.31. The molecule has 1 N–H and O–H groups in total. The van der Waals surface area contributed by atoms with E-state index < -0.39 is 0 Å². The number of amides is 1. The van der Waals surface area contributed by atoms with Gasteiger partial charge in [-0.1, -0.05) is 6.92 Å². The number of aliphatic hydroxyl groups is 1. The number of hydrogen-bond donors (Lipinski definition) is 1. The predicted molar refractivity (Wildman–Crippen MR) is 46.5 cm³/mol. The Labute approximate surface area is 77.8 Å². The minimum Gasteiger partial charge on any atom is -0.396 e. The molecule has 2 atom stereocenters. The summed E-state index contributed by atoms with van der Waals surface area (Å²) in [7, 11) is 0. The molecule has 0 aliphatic carbocycles. The molecule has 13 heavy (non-hydrogen) atoms. The van der Waals surface area contributed by atoms with Crippen molar-refractivity contribution >= 4 is 5.91 Å². The van der Waals surface area contributed by atoms with Crippen LogP contribution in [0.5, 0.6) is 0 Å². The number of carbonyl (C=O) groups excluding carboxylic acids is 1. The van der Waals surface area contributed by atoms with Crippen LogP contribution >= 0.6 is 0 Å². The molecule has 0 aromatic rings. The zero-order chi connectivity index (χ0) is 9.84. The lowest BCUT2D eigenvalue weighted by Crippen LogP contribution is -2.28. The van der Waals surface area contributed by atoms with Gasteiger partial charge >= 0.3 is 0 Å². The molecule has 1 saturated heterocycles. The van der Waals surface area contributed by atoms with E-state index in [4.69, 9.17) is 10.4 Å². The van der Waals surface area contributed by atoms with Crippen molar-refractivity contribution in [2.45, 2.75) is 13.3 Å². The molecule has 0 aromatic carbocycles. The molecule has 1 aliphatic heterocycles. The van der Waals surface area contributed by atoms with Crippen LogP contribution < -0.4 is 0 Å². The van der Waals surface area contributed by atoms with Gasteiger partial charge in [-0.05, 0) is 5.92 Å². The largest absolute Gasteiger partial charge is 0.396 e. The van der Waals surface area contributed by atoms with Crippen LogP contribution in [0.15, 0.2) is 0 Å². The van der Waals surface area contributed by atoms with Gasteiger partial charge in [0, 0.05) is 25.6 Å². The van der Waals surface area contributed by atoms with Crippen LogP contribution in [-0.4, -0.2) is 35.6 Å². The summed E-state index contributed by atoms with van der Waals surface area (Å²) < 4.78 is 0. The van der Waals surface area contributed by atoms with Crippen LogP contribution in [0, 0.1) is 23.2 Å². The molecule has 1 fully saturated rings. The van der Waals surface area contributed by atoms with E-state index in [2.05, 4.69) is 0 Å². The number of nitrogens with zero attached hydrogens (tertiary/aromatic N) is 2. The minimum absolute atomic E-state index is 0.0507. The van der Waals surface area contributed by atoms with Crippen molar-refractivity contribution in [1.29, 1.82) is 5.26 Å². The molecule has 1 rings (SSSR count). The Hall–Kier alpha value is -1.08. The van der Waals surface area contributed by atoms with E-state index in [-0.39, 0.29) is 24.9 Å². The molecular weight excluding hydrogens is 168 g/mol. The van der Waals surface area contributed by atoms with E-state index in [1.165, 1.54) is 0 Å². The molecule has 4 heteroatoms. The number of hydrogen-bond acceptors (Lipinski definition) is 3. The van der Waals surface area contributed by atoms with Crippen molar-refractivity contribution < 1.29 is 9.90 Å². The molecular formula is C9H14N2O2. The molecule has 4 nitrogen and oxygen atoms in total. The van der Waals surface area contributed by atoms with Gasteiger partial charge in [-0.3, -0.25) is 4.79 Å². The predicted octanol–water partition coefficient (Wildman–Crippen LogP) is -0.0131. The van der Waals surface area contributed by atoms with Crippen molar-refractivity contribution in [3.63, 3.8) is 0 Å². The highest BCUT2D eigenvalue weighted by molar-refractivity contribution is 5.78. The number of likely N-dealkylation sites (tertiary alicyclic amines) is 1. The Morgan fingerprint density at radius 1 is 1.69 bits per heavy atom. The fourth-order valence-corrected chi connectivity index (χ4v) is 1.66. The van der Waals surface area contributed by atoms with Crippen molar-refractivity contribution in [3.05, 3.63) is 0 Å². The summed E-state index contributed by atoms with van der Waals surface area (Å²) in [6.07, 6.45) is -0.0507. The third-order valence-corrected chi connectivity index (χ3v) is 2.59. The van der Waals surface area contributed by atoms with E-state index >= 15 is 0 Å². The standard InChI is InChI=1S/C9H14N2O2/c1-7-4-11(5-8(7)6-12)9(13)2-3-10/h7-8,12H,2,4-6H2,1H3/t7-,8+/m0/s1. The Bertz CT molecular complexity index is 234. The van der Waals surface area contributed by atoms with Gasteiger partial charge in [0.15, 0.2) is 0 Å². The SMILES string of the molecule is C[C@H]1CN(C(=O)CC#N)C[C@@H]1CO. The zero-order valence-corrected chi connectivity index (χ0v) is 7.73. The van der Waals surface area contributed by atoms with E-state index in [1.54, 1.807) is 4.90 Å². The van der Waals surface area contributed by atoms with Gasteiger partial charge in [-0.2, -0.15) is 5.26 Å². The molecule has 1 aliphatic rings. The first kappa shape index (κ1) is 10.0. The van der Waals surface area contributed by atoms with Crippen LogP contribution in [0.1, 0.15) is 13.3 Å². The normalized spacial score (nSPS) is 27.3. The Kier molecular flexibility index (Phi) is 3.26. The fraction of sp³-hybridized carbons (Fsp3) is 0.778. The highest BCUT2D eigenvalue weighted by atomic mass is 16.3. The van der Waals surface area contributed by atoms with E-state index in [0.29, 0.717) is 19.0 Å². The molecule has 0 radical (unpaired) electrons. The van der Waals surface area contributed by atoms with Crippen molar-refractivity contribution in [3.8, 4) is 6.07 Å². The van der Waals surface area contributed by atoms with Crippen LogP contribution in [0.2, 0.25) is 0 Å². The van der Waals surface area contributed by atoms with Crippen molar-refractivity contribution in [2.24, 2.45) is 11.8 Å². The molecule has 0 saturated carbocycles. The maximum Gasteiger partial charge on any atom is 0.236 e. The average molecular weight is 182 g/mol. The van der Waals surface area contributed by atoms with Crippen LogP contribution in [0.4, 0.5) is 0 Å².